The molecule has 1 aromatic heterocycles. The number of halogens is 1. The minimum atomic E-state index is -0.310. The summed E-state index contributed by atoms with van der Waals surface area (Å²) < 4.78 is 19.6. The molecule has 2 aliphatic carbocycles. The molecule has 2 heterocycles. The van der Waals surface area contributed by atoms with Gasteiger partial charge in [-0.05, 0) is 36.8 Å². The average molecular weight is 354 g/mol. The van der Waals surface area contributed by atoms with E-state index in [1.807, 2.05) is 4.90 Å². The number of nitrogens with zero attached hydrogens (tertiary/aromatic N) is 2. The summed E-state index contributed by atoms with van der Waals surface area (Å²) in [5.41, 5.74) is 2.15. The molecule has 136 valence electrons. The van der Waals surface area contributed by atoms with Gasteiger partial charge in [-0.1, -0.05) is 36.6 Å². The van der Waals surface area contributed by atoms with Crippen LogP contribution in [-0.2, 0) is 17.8 Å². The van der Waals surface area contributed by atoms with Crippen molar-refractivity contribution in [3.05, 3.63) is 41.4 Å². The Labute approximate surface area is 152 Å². The van der Waals surface area contributed by atoms with Crippen LogP contribution in [0.3, 0.4) is 0 Å². The molecule has 1 aliphatic heterocycles. The van der Waals surface area contributed by atoms with Crippen LogP contribution >= 0.6 is 0 Å². The fourth-order valence-corrected chi connectivity index (χ4v) is 4.99. The van der Waals surface area contributed by atoms with Crippen molar-refractivity contribution in [2.24, 2.45) is 11.3 Å². The number of amides is 1. The van der Waals surface area contributed by atoms with Crippen LogP contribution < -0.4 is 0 Å². The summed E-state index contributed by atoms with van der Waals surface area (Å²) in [6.07, 6.45) is 7.95. The highest BCUT2D eigenvalue weighted by Gasteiger charge is 2.58. The van der Waals surface area contributed by atoms with Crippen LogP contribution in [0.15, 0.2) is 28.8 Å². The molecule has 0 bridgehead atoms. The molecule has 1 unspecified atom stereocenters. The molecule has 2 fully saturated rings. The molecule has 5 rings (SSSR count). The van der Waals surface area contributed by atoms with Crippen LogP contribution in [0.5, 0.6) is 0 Å². The summed E-state index contributed by atoms with van der Waals surface area (Å²) in [5, 5.41) is 4.11. The number of fused-ring (bicyclic) bond motifs is 1. The van der Waals surface area contributed by atoms with Crippen LogP contribution in [0.4, 0.5) is 4.39 Å². The van der Waals surface area contributed by atoms with Gasteiger partial charge in [0.1, 0.15) is 17.3 Å². The fraction of sp³-hybridized carbons (Fsp3) is 0.524. The Bertz CT molecular complexity index is 853. The van der Waals surface area contributed by atoms with Crippen molar-refractivity contribution in [1.82, 2.24) is 10.1 Å². The topological polar surface area (TPSA) is 46.3 Å². The van der Waals surface area contributed by atoms with Crippen LogP contribution in [0, 0.1) is 17.2 Å². The largest absolute Gasteiger partial charge is 0.360 e. The molecule has 1 spiro atoms. The van der Waals surface area contributed by atoms with Gasteiger partial charge < -0.3 is 9.42 Å². The molecule has 2 saturated carbocycles. The van der Waals surface area contributed by atoms with Gasteiger partial charge in [0.25, 0.3) is 0 Å². The Morgan fingerprint density at radius 3 is 2.85 bits per heavy atom. The number of hydrogen-bond acceptors (Lipinski definition) is 3. The first kappa shape index (κ1) is 16.0. The maximum absolute atomic E-state index is 14.2. The molecule has 1 aromatic carbocycles. The van der Waals surface area contributed by atoms with Gasteiger partial charge in [0.2, 0.25) is 5.91 Å². The van der Waals surface area contributed by atoms with Gasteiger partial charge in [0, 0.05) is 30.0 Å². The molecule has 0 radical (unpaired) electrons. The van der Waals surface area contributed by atoms with Gasteiger partial charge in [0.15, 0.2) is 0 Å². The van der Waals surface area contributed by atoms with Crippen LogP contribution in [0.1, 0.15) is 49.8 Å². The summed E-state index contributed by atoms with van der Waals surface area (Å²) in [6.45, 7) is 1.15. The summed E-state index contributed by atoms with van der Waals surface area (Å²) in [7, 11) is 0. The lowest BCUT2D eigenvalue weighted by atomic mass is 9.84. The predicted octanol–water partition coefficient (Wildman–Crippen LogP) is 4.34. The lowest BCUT2D eigenvalue weighted by Crippen LogP contribution is -2.38. The number of aromatic nitrogens is 1. The summed E-state index contributed by atoms with van der Waals surface area (Å²) in [4.78, 5) is 15.0. The molecule has 0 N–H and O–H groups in total. The van der Waals surface area contributed by atoms with E-state index in [2.05, 4.69) is 5.16 Å². The average Bonchev–Trinajstić information content (AvgIpc) is 3.19. The fourth-order valence-electron chi connectivity index (χ4n) is 4.99. The van der Waals surface area contributed by atoms with E-state index in [-0.39, 0.29) is 17.6 Å². The van der Waals surface area contributed by atoms with E-state index in [9.17, 15) is 9.18 Å². The van der Waals surface area contributed by atoms with Crippen molar-refractivity contribution in [1.29, 1.82) is 0 Å². The molecule has 3 aliphatic rings. The molecular weight excluding hydrogens is 331 g/mol. The molecule has 4 nitrogen and oxygen atoms in total. The van der Waals surface area contributed by atoms with E-state index in [0.29, 0.717) is 36.2 Å². The highest BCUT2D eigenvalue weighted by atomic mass is 19.1. The second-order valence-electron chi connectivity index (χ2n) is 8.10. The van der Waals surface area contributed by atoms with Gasteiger partial charge >= 0.3 is 0 Å². The molecule has 2 aromatic rings. The number of rotatable bonds is 2. The lowest BCUT2D eigenvalue weighted by Gasteiger charge is -2.29. The molecule has 1 amide bonds. The van der Waals surface area contributed by atoms with Gasteiger partial charge in [-0.25, -0.2) is 4.39 Å². The zero-order chi connectivity index (χ0) is 17.7. The first-order chi connectivity index (χ1) is 12.7. The van der Waals surface area contributed by atoms with Crippen LogP contribution in [0.2, 0.25) is 0 Å². The number of carbonyl (C=O) groups is 1. The minimum Gasteiger partial charge on any atom is -0.360 e. The van der Waals surface area contributed by atoms with E-state index >= 15 is 0 Å². The minimum absolute atomic E-state index is 0.195. The van der Waals surface area contributed by atoms with Gasteiger partial charge in [-0.15, -0.1) is 0 Å². The SMILES string of the molecule is O=C(C1CC12CCCCC2)N1CCc2onc(-c3ccccc3F)c2C1. The van der Waals surface area contributed by atoms with E-state index in [0.717, 1.165) is 17.7 Å². The molecule has 0 saturated heterocycles. The van der Waals surface area contributed by atoms with Crippen molar-refractivity contribution >= 4 is 5.91 Å². The quantitative estimate of drug-likeness (QED) is 0.806. The van der Waals surface area contributed by atoms with Crippen LogP contribution in [0.25, 0.3) is 11.3 Å². The molecular formula is C21H23FN2O2. The van der Waals surface area contributed by atoms with E-state index in [1.54, 1.807) is 18.2 Å². The second kappa shape index (κ2) is 5.93. The normalized spacial score (nSPS) is 23.7. The Kier molecular flexibility index (Phi) is 3.66. The van der Waals surface area contributed by atoms with Gasteiger partial charge in [-0.3, -0.25) is 4.79 Å². The van der Waals surface area contributed by atoms with Crippen molar-refractivity contribution in [3.8, 4) is 11.3 Å². The van der Waals surface area contributed by atoms with Gasteiger partial charge in [-0.2, -0.15) is 0 Å². The Hall–Kier alpha value is -2.17. The standard InChI is InChI=1S/C21H23FN2O2/c22-17-7-3-2-6-14(17)19-15-13-24(11-8-18(15)26-23-19)20(25)16-12-21(16)9-4-1-5-10-21/h2-3,6-7,16H,1,4-5,8-13H2. The van der Waals surface area contributed by atoms with Crippen molar-refractivity contribution in [2.45, 2.75) is 51.5 Å². The zero-order valence-electron chi connectivity index (χ0n) is 14.8. The third-order valence-corrected chi connectivity index (χ3v) is 6.61. The van der Waals surface area contributed by atoms with Crippen LogP contribution in [-0.4, -0.2) is 22.5 Å². The first-order valence-corrected chi connectivity index (χ1v) is 9.69. The first-order valence-electron chi connectivity index (χ1n) is 9.69. The second-order valence-corrected chi connectivity index (χ2v) is 8.10. The highest BCUT2D eigenvalue weighted by molar-refractivity contribution is 5.83. The van der Waals surface area contributed by atoms with E-state index in [1.165, 1.54) is 38.2 Å². The van der Waals surface area contributed by atoms with Crippen molar-refractivity contribution < 1.29 is 13.7 Å². The van der Waals surface area contributed by atoms with E-state index < -0.39 is 0 Å². The molecule has 26 heavy (non-hydrogen) atoms. The Morgan fingerprint density at radius 2 is 2.04 bits per heavy atom. The maximum Gasteiger partial charge on any atom is 0.226 e. The predicted molar refractivity (Wildman–Crippen MR) is 94.6 cm³/mol. The van der Waals surface area contributed by atoms with Crippen molar-refractivity contribution in [3.63, 3.8) is 0 Å². The molecule has 1 atom stereocenters. The van der Waals surface area contributed by atoms with Gasteiger partial charge in [0.05, 0.1) is 6.54 Å². The Morgan fingerprint density at radius 1 is 1.23 bits per heavy atom. The third kappa shape index (κ3) is 2.48. The number of benzene rings is 1. The monoisotopic (exact) mass is 354 g/mol. The smallest absolute Gasteiger partial charge is 0.226 e. The summed E-state index contributed by atoms with van der Waals surface area (Å²) >= 11 is 0. The Balaban J connectivity index is 1.38. The number of hydrogen-bond donors (Lipinski definition) is 0. The zero-order valence-corrected chi connectivity index (χ0v) is 14.8. The van der Waals surface area contributed by atoms with E-state index in [4.69, 9.17) is 4.52 Å². The third-order valence-electron chi connectivity index (χ3n) is 6.61. The lowest BCUT2D eigenvalue weighted by molar-refractivity contribution is -0.134. The summed E-state index contributed by atoms with van der Waals surface area (Å²) in [6, 6.07) is 6.60. The summed E-state index contributed by atoms with van der Waals surface area (Å²) in [5.74, 6) is 0.949. The maximum atomic E-state index is 14.2. The van der Waals surface area contributed by atoms with Crippen molar-refractivity contribution in [2.75, 3.05) is 6.54 Å². The number of carbonyl (C=O) groups excluding carboxylic acids is 1. The highest BCUT2D eigenvalue weighted by Crippen LogP contribution is 2.62. The molecule has 5 heteroatoms.